The van der Waals surface area contributed by atoms with Crippen molar-refractivity contribution in [2.24, 2.45) is 0 Å². The Hall–Kier alpha value is -1.02. The summed E-state index contributed by atoms with van der Waals surface area (Å²) in [6.07, 6.45) is 2.18. The van der Waals surface area contributed by atoms with Crippen molar-refractivity contribution >= 4 is 0 Å². The Morgan fingerprint density at radius 1 is 1.47 bits per heavy atom. The van der Waals surface area contributed by atoms with Crippen molar-refractivity contribution in [2.45, 2.75) is 38.6 Å². The van der Waals surface area contributed by atoms with Gasteiger partial charge in [0.2, 0.25) is 0 Å². The summed E-state index contributed by atoms with van der Waals surface area (Å²) in [4.78, 5) is 0. The first-order valence-electron chi connectivity index (χ1n) is 5.72. The number of phenols is 1. The fourth-order valence-corrected chi connectivity index (χ4v) is 2.31. The molecule has 1 atom stereocenters. The molecule has 0 aliphatic heterocycles. The first kappa shape index (κ1) is 10.5. The van der Waals surface area contributed by atoms with Gasteiger partial charge in [-0.3, -0.25) is 0 Å². The molecule has 0 radical (unpaired) electrons. The highest BCUT2D eigenvalue weighted by atomic mass is 16.3. The van der Waals surface area contributed by atoms with E-state index in [9.17, 15) is 5.11 Å². The molecule has 2 N–H and O–H groups in total. The van der Waals surface area contributed by atoms with Crippen molar-refractivity contribution in [3.8, 4) is 5.75 Å². The van der Waals surface area contributed by atoms with E-state index in [-0.39, 0.29) is 0 Å². The molecule has 2 heteroatoms. The van der Waals surface area contributed by atoms with E-state index in [0.717, 1.165) is 24.9 Å². The van der Waals surface area contributed by atoms with Crippen LogP contribution in [0, 0.1) is 0 Å². The van der Waals surface area contributed by atoms with Crippen LogP contribution in [0.15, 0.2) is 18.2 Å². The summed E-state index contributed by atoms with van der Waals surface area (Å²) >= 11 is 0. The average Bonchev–Trinajstić information content (AvgIpc) is 2.59. The van der Waals surface area contributed by atoms with E-state index >= 15 is 0 Å². The summed E-state index contributed by atoms with van der Waals surface area (Å²) in [6.45, 7) is 5.35. The lowest BCUT2D eigenvalue weighted by molar-refractivity contribution is 0.469. The summed E-state index contributed by atoms with van der Waals surface area (Å²) < 4.78 is 0. The molecule has 15 heavy (non-hydrogen) atoms. The van der Waals surface area contributed by atoms with Crippen molar-refractivity contribution in [1.29, 1.82) is 0 Å². The number of hydrogen-bond acceptors (Lipinski definition) is 2. The van der Waals surface area contributed by atoms with Crippen LogP contribution in [0.3, 0.4) is 0 Å². The first-order chi connectivity index (χ1) is 7.18. The number of aromatic hydroxyl groups is 1. The Morgan fingerprint density at radius 3 is 3.00 bits per heavy atom. The van der Waals surface area contributed by atoms with E-state index in [2.05, 4.69) is 25.2 Å². The lowest BCUT2D eigenvalue weighted by Crippen LogP contribution is -2.27. The van der Waals surface area contributed by atoms with Crippen molar-refractivity contribution in [3.05, 3.63) is 29.3 Å². The third-order valence-electron chi connectivity index (χ3n) is 3.14. The Kier molecular flexibility index (Phi) is 2.96. The third kappa shape index (κ3) is 2.15. The van der Waals surface area contributed by atoms with Crippen LogP contribution in [0.25, 0.3) is 0 Å². The quantitative estimate of drug-likeness (QED) is 0.794. The molecular weight excluding hydrogens is 186 g/mol. The maximum absolute atomic E-state index is 9.71. The van der Waals surface area contributed by atoms with Crippen LogP contribution >= 0.6 is 0 Å². The van der Waals surface area contributed by atoms with E-state index in [4.69, 9.17) is 0 Å². The van der Waals surface area contributed by atoms with Crippen LogP contribution in [-0.2, 0) is 6.42 Å². The summed E-state index contributed by atoms with van der Waals surface area (Å²) in [5, 5.41) is 13.2. The molecule has 1 aliphatic rings. The van der Waals surface area contributed by atoms with Gasteiger partial charge < -0.3 is 10.4 Å². The zero-order chi connectivity index (χ0) is 10.8. The van der Waals surface area contributed by atoms with Crippen molar-refractivity contribution in [2.75, 3.05) is 6.54 Å². The summed E-state index contributed by atoms with van der Waals surface area (Å²) in [6, 6.07) is 6.42. The van der Waals surface area contributed by atoms with Gasteiger partial charge in [0.1, 0.15) is 5.75 Å². The second kappa shape index (κ2) is 4.23. The minimum atomic E-state index is 0.472. The average molecular weight is 205 g/mol. The Labute approximate surface area is 91.3 Å². The molecule has 1 aromatic carbocycles. The Balaban J connectivity index is 2.11. The molecule has 0 aromatic heterocycles. The Bertz CT molecular complexity index is 346. The molecule has 0 fully saturated rings. The molecule has 1 aliphatic carbocycles. The predicted molar refractivity (Wildman–Crippen MR) is 62.3 cm³/mol. The molecule has 0 amide bonds. The lowest BCUT2D eigenvalue weighted by atomic mass is 10.0. The van der Waals surface area contributed by atoms with Gasteiger partial charge in [0, 0.05) is 12.6 Å². The molecule has 0 heterocycles. The van der Waals surface area contributed by atoms with Gasteiger partial charge in [0.15, 0.2) is 0 Å². The normalized spacial score (nSPS) is 19.5. The van der Waals surface area contributed by atoms with Gasteiger partial charge in [-0.25, -0.2) is 0 Å². The van der Waals surface area contributed by atoms with E-state index in [1.54, 1.807) is 6.07 Å². The highest BCUT2D eigenvalue weighted by molar-refractivity contribution is 5.44. The lowest BCUT2D eigenvalue weighted by Gasteiger charge is -2.15. The number of benzene rings is 1. The number of rotatable bonds is 3. The molecule has 0 saturated heterocycles. The number of hydrogen-bond donors (Lipinski definition) is 2. The maximum Gasteiger partial charge on any atom is 0.119 e. The second-order valence-corrected chi connectivity index (χ2v) is 4.64. The van der Waals surface area contributed by atoms with E-state index < -0.39 is 0 Å². The van der Waals surface area contributed by atoms with Gasteiger partial charge in [0.05, 0.1) is 0 Å². The first-order valence-corrected chi connectivity index (χ1v) is 5.72. The summed E-state index contributed by atoms with van der Waals surface area (Å²) in [5.41, 5.74) is 2.50. The minimum absolute atomic E-state index is 0.472. The molecule has 2 nitrogen and oxygen atoms in total. The minimum Gasteiger partial charge on any atom is -0.508 e. The zero-order valence-electron chi connectivity index (χ0n) is 9.46. The van der Waals surface area contributed by atoms with Gasteiger partial charge in [-0.1, -0.05) is 26.0 Å². The predicted octanol–water partition coefficient (Wildman–Crippen LogP) is 2.42. The van der Waals surface area contributed by atoms with Crippen molar-refractivity contribution < 1.29 is 5.11 Å². The topological polar surface area (TPSA) is 32.3 Å². The highest BCUT2D eigenvalue weighted by Gasteiger charge is 2.24. The molecule has 0 bridgehead atoms. The molecule has 2 rings (SSSR count). The monoisotopic (exact) mass is 205 g/mol. The third-order valence-corrected chi connectivity index (χ3v) is 3.14. The fraction of sp³-hybridized carbons (Fsp3) is 0.538. The molecule has 0 saturated carbocycles. The molecular formula is C13H19NO. The van der Waals surface area contributed by atoms with Crippen molar-refractivity contribution in [1.82, 2.24) is 5.32 Å². The summed E-state index contributed by atoms with van der Waals surface area (Å²) in [7, 11) is 0. The van der Waals surface area contributed by atoms with E-state index in [0.29, 0.717) is 17.7 Å². The second-order valence-electron chi connectivity index (χ2n) is 4.64. The van der Waals surface area contributed by atoms with Crippen LogP contribution in [-0.4, -0.2) is 17.7 Å². The highest BCUT2D eigenvalue weighted by Crippen LogP contribution is 2.37. The largest absolute Gasteiger partial charge is 0.508 e. The molecule has 82 valence electrons. The summed E-state index contributed by atoms with van der Waals surface area (Å²) in [5.74, 6) is 1.05. The maximum atomic E-state index is 9.71. The standard InChI is InChI=1S/C13H19NO/c1-9(2)14-8-10-6-7-12-11(10)4-3-5-13(12)15/h3-5,9-10,14-15H,6-8H2,1-2H3. The van der Waals surface area contributed by atoms with E-state index in [1.807, 2.05) is 6.07 Å². The number of nitrogens with one attached hydrogen (secondary N) is 1. The van der Waals surface area contributed by atoms with Gasteiger partial charge in [-0.2, -0.15) is 0 Å². The van der Waals surface area contributed by atoms with Crippen LogP contribution in [0.2, 0.25) is 0 Å². The van der Waals surface area contributed by atoms with Crippen LogP contribution in [0.4, 0.5) is 0 Å². The molecule has 0 spiro atoms. The van der Waals surface area contributed by atoms with Crippen LogP contribution < -0.4 is 5.32 Å². The van der Waals surface area contributed by atoms with Gasteiger partial charge >= 0.3 is 0 Å². The van der Waals surface area contributed by atoms with Gasteiger partial charge in [-0.05, 0) is 36.0 Å². The number of phenolic OH excluding ortho intramolecular Hbond substituents is 1. The smallest absolute Gasteiger partial charge is 0.119 e. The van der Waals surface area contributed by atoms with Gasteiger partial charge in [0.25, 0.3) is 0 Å². The van der Waals surface area contributed by atoms with Crippen molar-refractivity contribution in [3.63, 3.8) is 0 Å². The zero-order valence-corrected chi connectivity index (χ0v) is 9.46. The fourth-order valence-electron chi connectivity index (χ4n) is 2.31. The van der Waals surface area contributed by atoms with Crippen LogP contribution in [0.5, 0.6) is 5.75 Å². The SMILES string of the molecule is CC(C)NCC1CCc2c(O)cccc21. The molecule has 1 unspecified atom stereocenters. The number of fused-ring (bicyclic) bond motifs is 1. The van der Waals surface area contributed by atoms with Crippen LogP contribution in [0.1, 0.15) is 37.3 Å². The van der Waals surface area contributed by atoms with E-state index in [1.165, 1.54) is 5.56 Å². The van der Waals surface area contributed by atoms with Gasteiger partial charge in [-0.15, -0.1) is 0 Å². The Morgan fingerprint density at radius 2 is 2.27 bits per heavy atom. The molecule has 1 aromatic rings.